The molecule has 0 aromatic heterocycles. The van der Waals surface area contributed by atoms with E-state index < -0.39 is 24.1 Å². The lowest BCUT2D eigenvalue weighted by Crippen LogP contribution is -2.59. The minimum Gasteiger partial charge on any atom is -0.480 e. The van der Waals surface area contributed by atoms with E-state index in [0.29, 0.717) is 37.6 Å². The van der Waals surface area contributed by atoms with Crippen LogP contribution in [0.15, 0.2) is 30.3 Å². The number of carboxylic acid groups (broad SMARTS) is 1. The number of aliphatic carboxylic acids is 1. The Hall–Kier alpha value is -2.41. The van der Waals surface area contributed by atoms with Gasteiger partial charge in [0.05, 0.1) is 12.6 Å². The van der Waals surface area contributed by atoms with Gasteiger partial charge in [0.25, 0.3) is 0 Å². The van der Waals surface area contributed by atoms with Crippen molar-refractivity contribution >= 4 is 17.8 Å². The largest absolute Gasteiger partial charge is 0.480 e. The first kappa shape index (κ1) is 24.2. The minimum absolute atomic E-state index is 0.254. The molecule has 1 aromatic rings. The lowest BCUT2D eigenvalue weighted by atomic mass is 9.73. The Balaban J connectivity index is 1.67. The molecule has 7 heteroatoms. The number of fused-ring (bicyclic) bond motifs is 1. The number of hydrogen-bond donors (Lipinski definition) is 2. The number of carbonyl (C=O) groups excluding carboxylic acids is 2. The molecule has 7 nitrogen and oxygen atoms in total. The molecule has 176 valence electrons. The van der Waals surface area contributed by atoms with Crippen LogP contribution in [-0.2, 0) is 25.5 Å². The van der Waals surface area contributed by atoms with Gasteiger partial charge in [-0.05, 0) is 56.9 Å². The summed E-state index contributed by atoms with van der Waals surface area (Å²) in [5.41, 5.74) is 1.10. The number of esters is 1. The summed E-state index contributed by atoms with van der Waals surface area (Å²) in [6.07, 6.45) is 6.06. The van der Waals surface area contributed by atoms with E-state index >= 15 is 0 Å². The Morgan fingerprint density at radius 3 is 2.50 bits per heavy atom. The third-order valence-electron chi connectivity index (χ3n) is 6.93. The van der Waals surface area contributed by atoms with Crippen LogP contribution < -0.4 is 5.32 Å². The third kappa shape index (κ3) is 6.09. The van der Waals surface area contributed by atoms with E-state index in [1.54, 1.807) is 13.8 Å². The number of amides is 1. The summed E-state index contributed by atoms with van der Waals surface area (Å²) in [5, 5.41) is 12.9. The van der Waals surface area contributed by atoms with Gasteiger partial charge < -0.3 is 14.7 Å². The molecule has 1 saturated carbocycles. The van der Waals surface area contributed by atoms with Crippen LogP contribution in [0.25, 0.3) is 0 Å². The standard InChI is InChI=1S/C25H36N2O5/c1-3-32-25(31)21(14-13-18-9-5-4-6-10-18)26-17(2)23(28)27-16-20-12-8-7-11-19(20)15-22(27)24(29)30/h4-6,9-10,17,19-22,26H,3,7-8,11-16H2,1-2H3,(H,29,30)/t17-,19?,20?,21?,22?/m0/s1. The molecule has 1 amide bonds. The fourth-order valence-electron chi connectivity index (χ4n) is 5.20. The molecule has 1 aliphatic carbocycles. The predicted octanol–water partition coefficient (Wildman–Crippen LogP) is 3.02. The van der Waals surface area contributed by atoms with Gasteiger partial charge in [0.1, 0.15) is 12.1 Å². The van der Waals surface area contributed by atoms with E-state index in [9.17, 15) is 19.5 Å². The smallest absolute Gasteiger partial charge is 0.326 e. The number of rotatable bonds is 9. The van der Waals surface area contributed by atoms with Gasteiger partial charge in [-0.25, -0.2) is 4.79 Å². The Morgan fingerprint density at radius 1 is 1.16 bits per heavy atom. The summed E-state index contributed by atoms with van der Waals surface area (Å²) in [6, 6.07) is 7.75. The molecule has 5 atom stereocenters. The molecule has 3 rings (SSSR count). The molecular weight excluding hydrogens is 408 g/mol. The van der Waals surface area contributed by atoms with Gasteiger partial charge in [-0.1, -0.05) is 49.6 Å². The average Bonchev–Trinajstić information content (AvgIpc) is 2.80. The van der Waals surface area contributed by atoms with Gasteiger partial charge in [0.15, 0.2) is 0 Å². The van der Waals surface area contributed by atoms with Crippen LogP contribution >= 0.6 is 0 Å². The number of benzene rings is 1. The van der Waals surface area contributed by atoms with Gasteiger partial charge in [0.2, 0.25) is 5.91 Å². The number of piperidine rings is 1. The number of carboxylic acids is 1. The highest BCUT2D eigenvalue weighted by Gasteiger charge is 2.43. The van der Waals surface area contributed by atoms with Crippen molar-refractivity contribution in [1.82, 2.24) is 10.2 Å². The first-order chi connectivity index (χ1) is 15.4. The molecule has 1 heterocycles. The molecule has 32 heavy (non-hydrogen) atoms. The van der Waals surface area contributed by atoms with Crippen molar-refractivity contribution in [2.75, 3.05) is 13.2 Å². The maximum absolute atomic E-state index is 13.3. The van der Waals surface area contributed by atoms with E-state index in [0.717, 1.165) is 31.2 Å². The Bertz CT molecular complexity index is 784. The van der Waals surface area contributed by atoms with Crippen molar-refractivity contribution in [2.24, 2.45) is 11.8 Å². The number of nitrogens with one attached hydrogen (secondary N) is 1. The van der Waals surface area contributed by atoms with E-state index in [1.807, 2.05) is 30.3 Å². The van der Waals surface area contributed by atoms with Gasteiger partial charge in [-0.3, -0.25) is 14.9 Å². The van der Waals surface area contributed by atoms with E-state index in [-0.39, 0.29) is 18.5 Å². The average molecular weight is 445 g/mol. The summed E-state index contributed by atoms with van der Waals surface area (Å²) >= 11 is 0. The molecule has 4 unspecified atom stereocenters. The Kier molecular flexibility index (Phi) is 8.67. The first-order valence-electron chi connectivity index (χ1n) is 11.9. The number of hydrogen-bond acceptors (Lipinski definition) is 5. The molecule has 0 bridgehead atoms. The quantitative estimate of drug-likeness (QED) is 0.569. The van der Waals surface area contributed by atoms with Crippen LogP contribution in [0, 0.1) is 11.8 Å². The van der Waals surface area contributed by atoms with Crippen LogP contribution in [-0.4, -0.2) is 59.1 Å². The minimum atomic E-state index is -0.944. The highest BCUT2D eigenvalue weighted by atomic mass is 16.5. The first-order valence-corrected chi connectivity index (χ1v) is 11.9. The zero-order valence-electron chi connectivity index (χ0n) is 19.2. The highest BCUT2D eigenvalue weighted by Crippen LogP contribution is 2.38. The second-order valence-corrected chi connectivity index (χ2v) is 9.10. The van der Waals surface area contributed by atoms with Crippen molar-refractivity contribution in [3.8, 4) is 0 Å². The maximum atomic E-state index is 13.3. The van der Waals surface area contributed by atoms with Gasteiger partial charge in [0, 0.05) is 6.54 Å². The second-order valence-electron chi connectivity index (χ2n) is 9.10. The summed E-state index contributed by atoms with van der Waals surface area (Å²) in [4.78, 5) is 39.4. The summed E-state index contributed by atoms with van der Waals surface area (Å²) in [7, 11) is 0. The van der Waals surface area contributed by atoms with E-state index in [1.165, 1.54) is 4.90 Å². The number of carbonyl (C=O) groups is 3. The summed E-state index contributed by atoms with van der Waals surface area (Å²) < 4.78 is 5.23. The van der Waals surface area contributed by atoms with Gasteiger partial charge in [-0.2, -0.15) is 0 Å². The molecule has 1 saturated heterocycles. The van der Waals surface area contributed by atoms with Crippen molar-refractivity contribution in [3.63, 3.8) is 0 Å². The molecule has 2 aliphatic rings. The van der Waals surface area contributed by atoms with E-state index in [2.05, 4.69) is 5.32 Å². The van der Waals surface area contributed by atoms with Crippen molar-refractivity contribution in [1.29, 1.82) is 0 Å². The highest BCUT2D eigenvalue weighted by molar-refractivity contribution is 5.87. The maximum Gasteiger partial charge on any atom is 0.326 e. The summed E-state index contributed by atoms with van der Waals surface area (Å²) in [6.45, 7) is 4.22. The Morgan fingerprint density at radius 2 is 1.84 bits per heavy atom. The van der Waals surface area contributed by atoms with Crippen LogP contribution in [0.5, 0.6) is 0 Å². The topological polar surface area (TPSA) is 95.9 Å². The van der Waals surface area contributed by atoms with Crippen molar-refractivity contribution in [2.45, 2.75) is 76.9 Å². The summed E-state index contributed by atoms with van der Waals surface area (Å²) in [5.74, 6) is -0.829. The molecule has 1 aromatic carbocycles. The fraction of sp³-hybridized carbons (Fsp3) is 0.640. The van der Waals surface area contributed by atoms with Gasteiger partial charge >= 0.3 is 11.9 Å². The zero-order chi connectivity index (χ0) is 23.1. The number of aryl methyl sites for hydroxylation is 1. The second kappa shape index (κ2) is 11.5. The number of ether oxygens (including phenoxy) is 1. The van der Waals surface area contributed by atoms with Crippen LogP contribution in [0.1, 0.15) is 57.9 Å². The zero-order valence-corrected chi connectivity index (χ0v) is 19.2. The van der Waals surface area contributed by atoms with Crippen LogP contribution in [0.3, 0.4) is 0 Å². The fourth-order valence-corrected chi connectivity index (χ4v) is 5.20. The Labute approximate surface area is 190 Å². The van der Waals surface area contributed by atoms with Crippen LogP contribution in [0.4, 0.5) is 0 Å². The lowest BCUT2D eigenvalue weighted by Gasteiger charge is -2.45. The number of likely N-dealkylation sites (tertiary alicyclic amines) is 1. The monoisotopic (exact) mass is 444 g/mol. The van der Waals surface area contributed by atoms with Crippen LogP contribution in [0.2, 0.25) is 0 Å². The molecule has 1 aliphatic heterocycles. The van der Waals surface area contributed by atoms with Crippen molar-refractivity contribution in [3.05, 3.63) is 35.9 Å². The molecule has 2 N–H and O–H groups in total. The molecule has 0 radical (unpaired) electrons. The van der Waals surface area contributed by atoms with E-state index in [4.69, 9.17) is 4.74 Å². The lowest BCUT2D eigenvalue weighted by molar-refractivity contribution is -0.157. The predicted molar refractivity (Wildman–Crippen MR) is 121 cm³/mol. The third-order valence-corrected chi connectivity index (χ3v) is 6.93. The normalized spacial score (nSPS) is 24.8. The van der Waals surface area contributed by atoms with Crippen molar-refractivity contribution < 1.29 is 24.2 Å². The molecule has 2 fully saturated rings. The number of nitrogens with zero attached hydrogens (tertiary/aromatic N) is 1. The SMILES string of the molecule is CCOC(=O)C(CCc1ccccc1)N[C@@H](C)C(=O)N1CC2CCCCC2CC1C(=O)O. The molecule has 0 spiro atoms. The van der Waals surface area contributed by atoms with Gasteiger partial charge in [-0.15, -0.1) is 0 Å². The molecular formula is C25H36N2O5.